The first kappa shape index (κ1) is 35.6. The first-order chi connectivity index (χ1) is 22.3. The Kier molecular flexibility index (Phi) is 11.8. The van der Waals surface area contributed by atoms with Crippen molar-refractivity contribution in [2.75, 3.05) is 31.6 Å². The molecular weight excluding hydrogens is 663 g/mol. The molecule has 4 rings (SSSR count). The van der Waals surface area contributed by atoms with E-state index in [9.17, 15) is 36.0 Å². The maximum Gasteiger partial charge on any atom is 0.573 e. The van der Waals surface area contributed by atoms with Crippen LogP contribution in [0.25, 0.3) is 0 Å². The van der Waals surface area contributed by atoms with E-state index in [2.05, 4.69) is 27.3 Å². The van der Waals surface area contributed by atoms with Crippen LogP contribution >= 0.6 is 11.3 Å². The Hall–Kier alpha value is -4.22. The van der Waals surface area contributed by atoms with E-state index in [0.717, 1.165) is 63.9 Å². The molecule has 2 heterocycles. The van der Waals surface area contributed by atoms with E-state index in [0.29, 0.717) is 5.69 Å². The molecule has 1 atom stereocenters. The molecule has 1 unspecified atom stereocenters. The third-order valence-corrected chi connectivity index (χ3v) is 9.74. The molecule has 0 saturated carbocycles. The second-order valence-electron chi connectivity index (χ2n) is 10.4. The van der Waals surface area contributed by atoms with Crippen molar-refractivity contribution >= 4 is 44.4 Å². The van der Waals surface area contributed by atoms with E-state index < -0.39 is 46.1 Å². The standard InChI is InChI=1S/C30H34F3N5O7S2/c1-3-5-20-6-8-21(9-7-20)17-34-27(40)25-18-37(29(41)36-28-35-22(19-46-28)16-26(39)44-4-2)14-15-38(25)47(42,43)24-12-10-23(11-13-24)45-30(31,32)33/h6-13,19,25H,3-5,14-18H2,1-2H3,(H,34,40)(H,35,36,41). The van der Waals surface area contributed by atoms with Crippen molar-refractivity contribution in [2.45, 2.75) is 57.0 Å². The van der Waals surface area contributed by atoms with Gasteiger partial charge in [0.1, 0.15) is 11.8 Å². The summed E-state index contributed by atoms with van der Waals surface area (Å²) in [6, 6.07) is 9.23. The monoisotopic (exact) mass is 697 g/mol. The fraction of sp³-hybridized carbons (Fsp3) is 0.400. The molecule has 3 amide bonds. The van der Waals surface area contributed by atoms with Crippen molar-refractivity contribution in [3.05, 3.63) is 70.7 Å². The molecule has 47 heavy (non-hydrogen) atoms. The fourth-order valence-electron chi connectivity index (χ4n) is 4.80. The number of rotatable bonds is 12. The number of piperazine rings is 1. The Morgan fingerprint density at radius 3 is 2.34 bits per heavy atom. The second-order valence-corrected chi connectivity index (χ2v) is 13.2. The van der Waals surface area contributed by atoms with Crippen LogP contribution in [0, 0.1) is 0 Å². The Morgan fingerprint density at radius 1 is 1.02 bits per heavy atom. The lowest BCUT2D eigenvalue weighted by atomic mass is 10.1. The number of aromatic nitrogens is 1. The number of thiazole rings is 1. The highest BCUT2D eigenvalue weighted by Crippen LogP contribution is 2.27. The molecule has 0 bridgehead atoms. The van der Waals surface area contributed by atoms with Crippen LogP contribution in [0.15, 0.2) is 58.8 Å². The molecule has 2 aromatic carbocycles. The van der Waals surface area contributed by atoms with E-state index in [-0.39, 0.29) is 49.2 Å². The molecule has 17 heteroatoms. The molecule has 1 aliphatic rings. The summed E-state index contributed by atoms with van der Waals surface area (Å²) < 4.78 is 74.9. The summed E-state index contributed by atoms with van der Waals surface area (Å²) in [5, 5.41) is 7.15. The lowest BCUT2D eigenvalue weighted by Crippen LogP contribution is -2.61. The summed E-state index contributed by atoms with van der Waals surface area (Å²) in [6.07, 6.45) is -3.17. The van der Waals surface area contributed by atoms with Gasteiger partial charge >= 0.3 is 18.4 Å². The second kappa shape index (κ2) is 15.6. The van der Waals surface area contributed by atoms with Crippen molar-refractivity contribution < 1.29 is 45.4 Å². The van der Waals surface area contributed by atoms with Gasteiger partial charge in [-0.05, 0) is 48.7 Å². The van der Waals surface area contributed by atoms with Gasteiger partial charge in [0, 0.05) is 31.6 Å². The topological polar surface area (TPSA) is 147 Å². The van der Waals surface area contributed by atoms with E-state index in [4.69, 9.17) is 4.74 Å². The number of esters is 1. The van der Waals surface area contributed by atoms with Crippen molar-refractivity contribution in [2.24, 2.45) is 0 Å². The molecule has 254 valence electrons. The first-order valence-corrected chi connectivity index (χ1v) is 17.0. The number of hydrogen-bond donors (Lipinski definition) is 2. The Bertz CT molecular complexity index is 1650. The Balaban J connectivity index is 1.51. The van der Waals surface area contributed by atoms with E-state index in [1.807, 2.05) is 24.3 Å². The number of sulfonamides is 1. The van der Waals surface area contributed by atoms with Crippen LogP contribution in [0.2, 0.25) is 0 Å². The zero-order valence-electron chi connectivity index (χ0n) is 25.6. The lowest BCUT2D eigenvalue weighted by molar-refractivity contribution is -0.274. The molecule has 1 saturated heterocycles. The number of halogens is 3. The highest BCUT2D eigenvalue weighted by molar-refractivity contribution is 7.89. The van der Waals surface area contributed by atoms with Gasteiger partial charge in [-0.25, -0.2) is 18.2 Å². The van der Waals surface area contributed by atoms with Gasteiger partial charge < -0.3 is 19.7 Å². The SMILES string of the molecule is CCCc1ccc(CNC(=O)C2CN(C(=O)Nc3nc(CC(=O)OCC)cs3)CCN2S(=O)(=O)c2ccc(OC(F)(F)F)cc2)cc1. The number of carbonyl (C=O) groups excluding carboxylic acids is 3. The molecule has 1 aliphatic heterocycles. The van der Waals surface area contributed by atoms with Gasteiger partial charge in [-0.3, -0.25) is 14.9 Å². The average molecular weight is 698 g/mol. The minimum Gasteiger partial charge on any atom is -0.466 e. The van der Waals surface area contributed by atoms with Crippen LogP contribution in [-0.2, 0) is 43.7 Å². The van der Waals surface area contributed by atoms with Gasteiger partial charge in [0.15, 0.2) is 5.13 Å². The van der Waals surface area contributed by atoms with Crippen LogP contribution in [0.5, 0.6) is 5.75 Å². The minimum absolute atomic E-state index is 0.0797. The number of amides is 3. The third-order valence-electron chi connectivity index (χ3n) is 7.01. The third kappa shape index (κ3) is 9.89. The molecule has 12 nitrogen and oxygen atoms in total. The number of carbonyl (C=O) groups is 3. The van der Waals surface area contributed by atoms with E-state index >= 15 is 0 Å². The highest BCUT2D eigenvalue weighted by Gasteiger charge is 2.41. The average Bonchev–Trinajstić information content (AvgIpc) is 3.46. The smallest absolute Gasteiger partial charge is 0.466 e. The van der Waals surface area contributed by atoms with Crippen molar-refractivity contribution in [1.82, 2.24) is 19.5 Å². The first-order valence-electron chi connectivity index (χ1n) is 14.7. The zero-order chi connectivity index (χ0) is 34.2. The molecule has 3 aromatic rings. The Morgan fingerprint density at radius 2 is 1.70 bits per heavy atom. The van der Waals surface area contributed by atoms with Gasteiger partial charge in [0.25, 0.3) is 0 Å². The molecule has 1 aromatic heterocycles. The normalized spacial score (nSPS) is 15.6. The maximum atomic E-state index is 13.7. The lowest BCUT2D eigenvalue weighted by Gasteiger charge is -2.39. The van der Waals surface area contributed by atoms with Crippen LogP contribution in [0.4, 0.5) is 23.1 Å². The predicted octanol–water partition coefficient (Wildman–Crippen LogP) is 4.32. The van der Waals surface area contributed by atoms with Crippen molar-refractivity contribution in [3.8, 4) is 5.75 Å². The number of urea groups is 1. The largest absolute Gasteiger partial charge is 0.573 e. The predicted molar refractivity (Wildman–Crippen MR) is 166 cm³/mol. The molecule has 2 N–H and O–H groups in total. The van der Waals surface area contributed by atoms with E-state index in [1.54, 1.807) is 12.3 Å². The van der Waals surface area contributed by atoms with Gasteiger partial charge in [0.2, 0.25) is 15.9 Å². The zero-order valence-corrected chi connectivity index (χ0v) is 27.2. The van der Waals surface area contributed by atoms with Gasteiger partial charge in [-0.2, -0.15) is 4.31 Å². The van der Waals surface area contributed by atoms with Crippen LogP contribution in [-0.4, -0.2) is 79.2 Å². The molecule has 0 spiro atoms. The van der Waals surface area contributed by atoms with Crippen molar-refractivity contribution in [1.29, 1.82) is 0 Å². The Labute approximate surface area is 273 Å². The minimum atomic E-state index is -4.96. The quantitative estimate of drug-likeness (QED) is 0.266. The molecule has 0 aliphatic carbocycles. The maximum absolute atomic E-state index is 13.7. The summed E-state index contributed by atoms with van der Waals surface area (Å²) >= 11 is 1.08. The van der Waals surface area contributed by atoms with Crippen LogP contribution in [0.1, 0.15) is 37.1 Å². The number of ether oxygens (including phenoxy) is 2. The number of alkyl halides is 3. The highest BCUT2D eigenvalue weighted by atomic mass is 32.2. The van der Waals surface area contributed by atoms with Gasteiger partial charge in [0.05, 0.1) is 23.6 Å². The number of hydrogen-bond acceptors (Lipinski definition) is 9. The fourth-order valence-corrected chi connectivity index (χ4v) is 7.07. The van der Waals surface area contributed by atoms with E-state index in [1.165, 1.54) is 4.90 Å². The molecular formula is C30H34F3N5O7S2. The number of nitrogens with zero attached hydrogens (tertiary/aromatic N) is 3. The summed E-state index contributed by atoms with van der Waals surface area (Å²) in [6.45, 7) is 3.32. The van der Waals surface area contributed by atoms with Gasteiger partial charge in [-0.15, -0.1) is 24.5 Å². The molecule has 0 radical (unpaired) electrons. The summed E-state index contributed by atoms with van der Waals surface area (Å²) in [5.41, 5.74) is 2.31. The number of nitrogens with one attached hydrogen (secondary N) is 2. The summed E-state index contributed by atoms with van der Waals surface area (Å²) in [5.74, 6) is -1.75. The van der Waals surface area contributed by atoms with Crippen LogP contribution < -0.4 is 15.4 Å². The van der Waals surface area contributed by atoms with Crippen LogP contribution in [0.3, 0.4) is 0 Å². The summed E-state index contributed by atoms with van der Waals surface area (Å²) in [4.78, 5) is 43.6. The number of benzene rings is 2. The summed E-state index contributed by atoms with van der Waals surface area (Å²) in [7, 11) is -4.41. The molecule has 1 fully saturated rings. The number of aryl methyl sites for hydroxylation is 1. The number of anilines is 1. The van der Waals surface area contributed by atoms with Gasteiger partial charge in [-0.1, -0.05) is 37.6 Å². The van der Waals surface area contributed by atoms with Crippen molar-refractivity contribution in [3.63, 3.8) is 0 Å².